The molecule has 0 saturated heterocycles. The van der Waals surface area contributed by atoms with E-state index >= 15 is 0 Å². The van der Waals surface area contributed by atoms with Crippen molar-refractivity contribution in [1.29, 1.82) is 0 Å². The van der Waals surface area contributed by atoms with Crippen molar-refractivity contribution < 1.29 is 22.7 Å². The minimum Gasteiger partial charge on any atom is -0.481 e. The van der Waals surface area contributed by atoms with E-state index < -0.39 is 23.5 Å². The van der Waals surface area contributed by atoms with Crippen LogP contribution in [0.4, 0.5) is 18.9 Å². The van der Waals surface area contributed by atoms with Crippen LogP contribution in [0, 0.1) is 0 Å². The van der Waals surface area contributed by atoms with Crippen LogP contribution in [-0.4, -0.2) is 28.2 Å². The molecule has 0 atom stereocenters. The Labute approximate surface area is 186 Å². The van der Waals surface area contributed by atoms with Gasteiger partial charge in [-0.25, -0.2) is 4.98 Å². The van der Waals surface area contributed by atoms with E-state index in [9.17, 15) is 18.0 Å². The maximum absolute atomic E-state index is 13.1. The van der Waals surface area contributed by atoms with Crippen molar-refractivity contribution in [2.45, 2.75) is 19.1 Å². The summed E-state index contributed by atoms with van der Waals surface area (Å²) in [5, 5.41) is 2.87. The van der Waals surface area contributed by atoms with Crippen LogP contribution in [0.2, 0.25) is 0 Å². The molecule has 0 aliphatic carbocycles. The van der Waals surface area contributed by atoms with Crippen LogP contribution < -0.4 is 10.1 Å². The molecule has 3 aromatic rings. The van der Waals surface area contributed by atoms with Crippen LogP contribution in [0.3, 0.4) is 0 Å². The number of halogens is 4. The molecule has 2 aromatic heterocycles. The third-order valence-corrected chi connectivity index (χ3v) is 5.17. The lowest BCUT2D eigenvalue weighted by Gasteiger charge is -2.13. The average molecular weight is 461 g/mol. The second-order valence-electron chi connectivity index (χ2n) is 7.03. The zero-order chi connectivity index (χ0) is 22.9. The Morgan fingerprint density at radius 1 is 1.12 bits per heavy atom. The Morgan fingerprint density at radius 3 is 2.56 bits per heavy atom. The van der Waals surface area contributed by atoms with Gasteiger partial charge in [0.1, 0.15) is 10.7 Å². The minimum absolute atomic E-state index is 0.0193. The standard InChI is InChI=1S/C22H16ClF3N4O2/c1-32-21-17(22(24,25)26)8-15(10-29-21)30-19(31)6-12-2-4-13(5-3-12)14-7-16-18(27-9-14)11-28-20(16)23/h2-5,7-10H,6,11H2,1H3,(H,30,31). The van der Waals surface area contributed by atoms with Gasteiger partial charge in [-0.2, -0.15) is 13.2 Å². The number of nitrogens with zero attached hydrogens (tertiary/aromatic N) is 3. The lowest BCUT2D eigenvalue weighted by Crippen LogP contribution is -2.16. The molecule has 1 amide bonds. The average Bonchev–Trinajstić information content (AvgIpc) is 3.14. The van der Waals surface area contributed by atoms with Crippen molar-refractivity contribution in [2.24, 2.45) is 4.99 Å². The van der Waals surface area contributed by atoms with Crippen LogP contribution in [0.25, 0.3) is 11.1 Å². The van der Waals surface area contributed by atoms with Gasteiger partial charge in [0.2, 0.25) is 11.8 Å². The Morgan fingerprint density at radius 2 is 1.88 bits per heavy atom. The van der Waals surface area contributed by atoms with E-state index in [4.69, 9.17) is 11.6 Å². The number of rotatable bonds is 5. The normalized spacial score (nSPS) is 12.8. The molecule has 1 N–H and O–H groups in total. The number of methoxy groups -OCH3 is 1. The van der Waals surface area contributed by atoms with Gasteiger partial charge in [-0.3, -0.25) is 14.8 Å². The van der Waals surface area contributed by atoms with Gasteiger partial charge in [0.05, 0.1) is 37.7 Å². The van der Waals surface area contributed by atoms with Gasteiger partial charge >= 0.3 is 6.18 Å². The molecule has 10 heteroatoms. The van der Waals surface area contributed by atoms with Crippen molar-refractivity contribution in [1.82, 2.24) is 9.97 Å². The molecule has 3 heterocycles. The molecule has 1 aliphatic heterocycles. The van der Waals surface area contributed by atoms with Crippen LogP contribution in [0.15, 0.2) is 53.8 Å². The van der Waals surface area contributed by atoms with E-state index in [0.717, 1.165) is 41.8 Å². The molecule has 0 fully saturated rings. The number of amides is 1. The maximum atomic E-state index is 13.1. The number of carbonyl (C=O) groups excluding carboxylic acids is 1. The fraction of sp³-hybridized carbons (Fsp3) is 0.182. The highest BCUT2D eigenvalue weighted by atomic mass is 35.5. The second kappa shape index (κ2) is 8.58. The van der Waals surface area contributed by atoms with Gasteiger partial charge in [-0.05, 0) is 23.3 Å². The first kappa shape index (κ1) is 21.8. The number of aliphatic imine (C=N–C) groups is 1. The minimum atomic E-state index is -4.66. The number of pyridine rings is 2. The number of alkyl halides is 3. The highest BCUT2D eigenvalue weighted by Gasteiger charge is 2.35. The summed E-state index contributed by atoms with van der Waals surface area (Å²) in [7, 11) is 1.10. The Balaban J connectivity index is 1.45. The number of hydrogen-bond donors (Lipinski definition) is 1. The number of anilines is 1. The molecule has 1 aliphatic rings. The van der Waals surface area contributed by atoms with Crippen molar-refractivity contribution in [2.75, 3.05) is 12.4 Å². The Hall–Kier alpha value is -3.46. The molecule has 164 valence electrons. The molecule has 0 spiro atoms. The number of nitrogens with one attached hydrogen (secondary N) is 1. The summed E-state index contributed by atoms with van der Waals surface area (Å²) < 4.78 is 44.0. The molecule has 32 heavy (non-hydrogen) atoms. The third-order valence-electron chi connectivity index (χ3n) is 4.85. The summed E-state index contributed by atoms with van der Waals surface area (Å²) in [5.74, 6) is -1.03. The van der Waals surface area contributed by atoms with Gasteiger partial charge in [-0.15, -0.1) is 0 Å². The maximum Gasteiger partial charge on any atom is 0.421 e. The number of carbonyl (C=O) groups is 1. The van der Waals surface area contributed by atoms with E-state index in [-0.39, 0.29) is 12.1 Å². The number of aromatic nitrogens is 2. The third kappa shape index (κ3) is 4.57. The molecule has 0 radical (unpaired) electrons. The summed E-state index contributed by atoms with van der Waals surface area (Å²) in [6.07, 6.45) is -1.82. The predicted molar refractivity (Wildman–Crippen MR) is 114 cm³/mol. The van der Waals surface area contributed by atoms with Crippen LogP contribution in [0.5, 0.6) is 5.88 Å². The molecule has 4 rings (SSSR count). The zero-order valence-corrected chi connectivity index (χ0v) is 17.5. The number of hydrogen-bond acceptors (Lipinski definition) is 5. The van der Waals surface area contributed by atoms with E-state index in [2.05, 4.69) is 25.0 Å². The van der Waals surface area contributed by atoms with E-state index in [1.807, 2.05) is 18.2 Å². The fourth-order valence-electron chi connectivity index (χ4n) is 3.28. The summed E-state index contributed by atoms with van der Waals surface area (Å²) in [4.78, 5) is 24.5. The van der Waals surface area contributed by atoms with Gasteiger partial charge in [-0.1, -0.05) is 35.9 Å². The first-order valence-electron chi connectivity index (χ1n) is 9.44. The molecule has 0 saturated carbocycles. The SMILES string of the molecule is COc1ncc(NC(=O)Cc2ccc(-c3cnc4c(c3)C(Cl)=NC4)cc2)cc1C(F)(F)F. The lowest BCUT2D eigenvalue weighted by atomic mass is 10.0. The topological polar surface area (TPSA) is 76.5 Å². The summed E-state index contributed by atoms with van der Waals surface area (Å²) in [5.41, 5.74) is 2.94. The van der Waals surface area contributed by atoms with Crippen LogP contribution >= 0.6 is 11.6 Å². The highest BCUT2D eigenvalue weighted by Crippen LogP contribution is 2.36. The first-order valence-corrected chi connectivity index (χ1v) is 9.82. The lowest BCUT2D eigenvalue weighted by molar-refractivity contribution is -0.139. The van der Waals surface area contributed by atoms with Crippen LogP contribution in [-0.2, 0) is 23.9 Å². The highest BCUT2D eigenvalue weighted by molar-refractivity contribution is 6.70. The fourth-order valence-corrected chi connectivity index (χ4v) is 3.50. The van der Waals surface area contributed by atoms with Gasteiger partial charge in [0, 0.05) is 17.3 Å². The van der Waals surface area contributed by atoms with Crippen molar-refractivity contribution in [3.63, 3.8) is 0 Å². The largest absolute Gasteiger partial charge is 0.481 e. The molecule has 6 nitrogen and oxygen atoms in total. The summed E-state index contributed by atoms with van der Waals surface area (Å²) in [6.45, 7) is 0.469. The smallest absolute Gasteiger partial charge is 0.421 e. The van der Waals surface area contributed by atoms with E-state index in [0.29, 0.717) is 17.3 Å². The van der Waals surface area contributed by atoms with Gasteiger partial charge < -0.3 is 10.1 Å². The van der Waals surface area contributed by atoms with Gasteiger partial charge in [0.15, 0.2) is 0 Å². The summed E-state index contributed by atoms with van der Waals surface area (Å²) >= 11 is 6.09. The quantitative estimate of drug-likeness (QED) is 0.590. The molecule has 0 bridgehead atoms. The Bertz CT molecular complexity index is 1210. The molecule has 1 aromatic carbocycles. The van der Waals surface area contributed by atoms with E-state index in [1.165, 1.54) is 0 Å². The molecular formula is C22H16ClF3N4O2. The van der Waals surface area contributed by atoms with Crippen molar-refractivity contribution in [3.8, 4) is 17.0 Å². The molecule has 0 unspecified atom stereocenters. The van der Waals surface area contributed by atoms with Crippen LogP contribution in [0.1, 0.15) is 22.4 Å². The second-order valence-corrected chi connectivity index (χ2v) is 7.38. The number of benzene rings is 1. The predicted octanol–water partition coefficient (Wildman–Crippen LogP) is 4.85. The summed E-state index contributed by atoms with van der Waals surface area (Å²) in [6, 6.07) is 9.92. The number of ether oxygens (including phenoxy) is 1. The zero-order valence-electron chi connectivity index (χ0n) is 16.7. The van der Waals surface area contributed by atoms with Gasteiger partial charge in [0.25, 0.3) is 0 Å². The van der Waals surface area contributed by atoms with Crippen molar-refractivity contribution in [3.05, 3.63) is 71.2 Å². The van der Waals surface area contributed by atoms with E-state index in [1.54, 1.807) is 18.3 Å². The first-order chi connectivity index (χ1) is 15.2. The van der Waals surface area contributed by atoms with Crippen molar-refractivity contribution >= 4 is 28.4 Å². The monoisotopic (exact) mass is 460 g/mol. The Kier molecular flexibility index (Phi) is 5.84. The molecular weight excluding hydrogens is 445 g/mol. The number of fused-ring (bicyclic) bond motifs is 1.